The van der Waals surface area contributed by atoms with Crippen LogP contribution in [0.3, 0.4) is 0 Å². The predicted molar refractivity (Wildman–Crippen MR) is 116 cm³/mol. The summed E-state index contributed by atoms with van der Waals surface area (Å²) >= 11 is 0. The molecule has 2 rings (SSSR count). The molecule has 0 fully saturated rings. The second-order valence-electron chi connectivity index (χ2n) is 6.60. The van der Waals surface area contributed by atoms with Gasteiger partial charge < -0.3 is 16.0 Å². The van der Waals surface area contributed by atoms with Crippen LogP contribution < -0.4 is 11.1 Å². The number of rotatable bonds is 9. The maximum atomic E-state index is 12.7. The van der Waals surface area contributed by atoms with Crippen molar-refractivity contribution in [3.63, 3.8) is 0 Å². The Labute approximate surface area is 173 Å². The monoisotopic (exact) mass is 403 g/mol. The van der Waals surface area contributed by atoms with Gasteiger partial charge in [-0.15, -0.1) is 12.4 Å². The van der Waals surface area contributed by atoms with Gasteiger partial charge in [-0.2, -0.15) is 0 Å². The van der Waals surface area contributed by atoms with Crippen LogP contribution in [0.5, 0.6) is 0 Å². The first kappa shape index (κ1) is 23.7. The van der Waals surface area contributed by atoms with E-state index in [1.54, 1.807) is 24.3 Å². The van der Waals surface area contributed by atoms with E-state index in [-0.39, 0.29) is 30.3 Å². The fourth-order valence-corrected chi connectivity index (χ4v) is 2.95. The number of amides is 2. The zero-order valence-electron chi connectivity index (χ0n) is 16.6. The number of nitrogens with two attached hydrogens (primary N) is 1. The molecule has 2 amide bonds. The van der Waals surface area contributed by atoms with E-state index in [0.29, 0.717) is 17.7 Å². The molecule has 152 valence electrons. The molecule has 0 saturated heterocycles. The second-order valence-corrected chi connectivity index (χ2v) is 6.60. The molecule has 0 aliphatic rings. The molecule has 0 bridgehead atoms. The third kappa shape index (κ3) is 6.66. The van der Waals surface area contributed by atoms with Crippen LogP contribution in [0, 0.1) is 0 Å². The van der Waals surface area contributed by atoms with E-state index in [4.69, 9.17) is 5.73 Å². The lowest BCUT2D eigenvalue weighted by molar-refractivity contribution is 0.0755. The normalized spacial score (nSPS) is 11.2. The number of nitrogens with one attached hydrogen (secondary N) is 1. The van der Waals surface area contributed by atoms with Gasteiger partial charge in [-0.1, -0.05) is 50.2 Å². The smallest absolute Gasteiger partial charge is 0.253 e. The predicted octanol–water partition coefficient (Wildman–Crippen LogP) is 3.80. The molecule has 1 unspecified atom stereocenters. The largest absolute Gasteiger partial charge is 0.350 e. The van der Waals surface area contributed by atoms with Gasteiger partial charge in [0.1, 0.15) is 0 Å². The molecule has 0 saturated carbocycles. The Morgan fingerprint density at radius 1 is 0.964 bits per heavy atom. The van der Waals surface area contributed by atoms with Crippen LogP contribution in [0.2, 0.25) is 0 Å². The topological polar surface area (TPSA) is 75.4 Å². The zero-order chi connectivity index (χ0) is 19.6. The number of halogens is 1. The third-order valence-electron chi connectivity index (χ3n) is 4.36. The molecule has 0 radical (unpaired) electrons. The minimum Gasteiger partial charge on any atom is -0.350 e. The Bertz CT molecular complexity index is 746. The Morgan fingerprint density at radius 3 is 2.18 bits per heavy atom. The van der Waals surface area contributed by atoms with Crippen molar-refractivity contribution in [2.24, 2.45) is 5.73 Å². The average Bonchev–Trinajstić information content (AvgIpc) is 2.71. The van der Waals surface area contributed by atoms with Crippen molar-refractivity contribution in [2.45, 2.75) is 32.7 Å². The first-order valence-corrected chi connectivity index (χ1v) is 9.54. The Hall–Kier alpha value is -2.37. The fourth-order valence-electron chi connectivity index (χ4n) is 2.95. The van der Waals surface area contributed by atoms with E-state index in [1.807, 2.05) is 35.2 Å². The third-order valence-corrected chi connectivity index (χ3v) is 4.36. The summed E-state index contributed by atoms with van der Waals surface area (Å²) < 4.78 is 0. The van der Waals surface area contributed by atoms with Gasteiger partial charge >= 0.3 is 0 Å². The van der Waals surface area contributed by atoms with Crippen molar-refractivity contribution in [1.29, 1.82) is 0 Å². The van der Waals surface area contributed by atoms with Crippen LogP contribution in [-0.2, 0) is 0 Å². The van der Waals surface area contributed by atoms with Crippen molar-refractivity contribution in [3.8, 4) is 0 Å². The Morgan fingerprint density at radius 2 is 1.57 bits per heavy atom. The van der Waals surface area contributed by atoms with Crippen molar-refractivity contribution in [3.05, 3.63) is 71.3 Å². The van der Waals surface area contributed by atoms with Crippen molar-refractivity contribution in [2.75, 3.05) is 19.6 Å². The number of carbonyl (C=O) groups is 2. The van der Waals surface area contributed by atoms with Gasteiger partial charge in [0.25, 0.3) is 11.8 Å². The van der Waals surface area contributed by atoms with Crippen LogP contribution in [0.15, 0.2) is 54.6 Å². The van der Waals surface area contributed by atoms with Gasteiger partial charge in [0.2, 0.25) is 0 Å². The number of hydrogen-bond donors (Lipinski definition) is 2. The molecule has 0 aromatic heterocycles. The highest BCUT2D eigenvalue weighted by Gasteiger charge is 2.16. The molecule has 0 spiro atoms. The van der Waals surface area contributed by atoms with E-state index < -0.39 is 0 Å². The van der Waals surface area contributed by atoms with Crippen LogP contribution in [0.1, 0.15) is 59.0 Å². The summed E-state index contributed by atoms with van der Waals surface area (Å²) in [6.07, 6.45) is 1.81. The van der Waals surface area contributed by atoms with Crippen molar-refractivity contribution in [1.82, 2.24) is 10.2 Å². The second kappa shape index (κ2) is 12.2. The summed E-state index contributed by atoms with van der Waals surface area (Å²) in [5, 5.41) is 2.85. The summed E-state index contributed by atoms with van der Waals surface area (Å²) in [5.41, 5.74) is 8.10. The first-order valence-electron chi connectivity index (χ1n) is 9.54. The lowest BCUT2D eigenvalue weighted by Crippen LogP contribution is -2.33. The number of benzene rings is 2. The maximum absolute atomic E-state index is 12.7. The molecular weight excluding hydrogens is 374 g/mol. The molecule has 0 aliphatic carbocycles. The van der Waals surface area contributed by atoms with E-state index in [2.05, 4.69) is 19.2 Å². The van der Waals surface area contributed by atoms with Gasteiger partial charge in [0, 0.05) is 36.8 Å². The highest BCUT2D eigenvalue weighted by Crippen LogP contribution is 2.11. The molecule has 1 atom stereocenters. The Balaban J connectivity index is 0.00000392. The molecule has 0 heterocycles. The van der Waals surface area contributed by atoms with E-state index in [9.17, 15) is 9.59 Å². The Kier molecular flexibility index (Phi) is 10.3. The molecule has 5 nitrogen and oxygen atoms in total. The van der Waals surface area contributed by atoms with Crippen LogP contribution in [-0.4, -0.2) is 36.3 Å². The molecule has 2 aromatic rings. The summed E-state index contributed by atoms with van der Waals surface area (Å²) in [5.74, 6) is -0.261. The SMILES string of the molecule is CCCN(CCC)C(=O)c1cccc(C(=O)NCC(N)c2ccccc2)c1.Cl. The highest BCUT2D eigenvalue weighted by atomic mass is 35.5. The van der Waals surface area contributed by atoms with Gasteiger partial charge in [0.05, 0.1) is 0 Å². The summed E-state index contributed by atoms with van der Waals surface area (Å²) in [4.78, 5) is 27.0. The van der Waals surface area contributed by atoms with Crippen LogP contribution >= 0.6 is 12.4 Å². The molecular formula is C22H30ClN3O2. The fraction of sp³-hybridized carbons (Fsp3) is 0.364. The van der Waals surface area contributed by atoms with Crippen molar-refractivity contribution < 1.29 is 9.59 Å². The van der Waals surface area contributed by atoms with Crippen LogP contribution in [0.25, 0.3) is 0 Å². The van der Waals surface area contributed by atoms with Gasteiger partial charge in [-0.3, -0.25) is 9.59 Å². The minimum absolute atomic E-state index is 0. The zero-order valence-corrected chi connectivity index (χ0v) is 17.4. The van der Waals surface area contributed by atoms with E-state index in [0.717, 1.165) is 31.5 Å². The summed E-state index contributed by atoms with van der Waals surface area (Å²) in [7, 11) is 0. The molecule has 28 heavy (non-hydrogen) atoms. The minimum atomic E-state index is -0.274. The molecule has 0 aliphatic heterocycles. The highest BCUT2D eigenvalue weighted by molar-refractivity contribution is 5.99. The van der Waals surface area contributed by atoms with Crippen LogP contribution in [0.4, 0.5) is 0 Å². The van der Waals surface area contributed by atoms with Gasteiger partial charge in [0.15, 0.2) is 0 Å². The maximum Gasteiger partial charge on any atom is 0.253 e. The molecule has 6 heteroatoms. The molecule has 3 N–H and O–H groups in total. The van der Waals surface area contributed by atoms with Gasteiger partial charge in [-0.25, -0.2) is 0 Å². The standard InChI is InChI=1S/C22H29N3O2.ClH/c1-3-13-25(14-4-2)22(27)19-12-8-11-18(15-19)21(26)24-16-20(23)17-9-6-5-7-10-17;/h5-12,15,20H,3-4,13-14,16,23H2,1-2H3,(H,24,26);1H. The summed E-state index contributed by atoms with van der Waals surface area (Å²) in [6, 6.07) is 16.2. The summed E-state index contributed by atoms with van der Waals surface area (Å²) in [6.45, 7) is 5.87. The quantitative estimate of drug-likeness (QED) is 0.668. The number of nitrogens with zero attached hydrogens (tertiary/aromatic N) is 1. The van der Waals surface area contributed by atoms with Gasteiger partial charge in [-0.05, 0) is 36.6 Å². The van der Waals surface area contributed by atoms with E-state index >= 15 is 0 Å². The lowest BCUT2D eigenvalue weighted by atomic mass is 10.1. The van der Waals surface area contributed by atoms with E-state index in [1.165, 1.54) is 0 Å². The number of carbonyl (C=O) groups excluding carboxylic acids is 2. The molecule has 2 aromatic carbocycles. The average molecular weight is 404 g/mol. The number of hydrogen-bond acceptors (Lipinski definition) is 3. The lowest BCUT2D eigenvalue weighted by Gasteiger charge is -2.21. The van der Waals surface area contributed by atoms with Crippen molar-refractivity contribution >= 4 is 24.2 Å². The first-order chi connectivity index (χ1) is 13.1.